The number of aliphatic carboxylic acids is 1. The summed E-state index contributed by atoms with van der Waals surface area (Å²) in [6, 6.07) is 0. The lowest BCUT2D eigenvalue weighted by Crippen LogP contribution is -2.54. The van der Waals surface area contributed by atoms with Crippen LogP contribution in [0.1, 0.15) is 83.6 Å². The minimum atomic E-state index is -1.24. The number of furan rings is 1. The number of carbonyl (C=O) groups is 3. The van der Waals surface area contributed by atoms with Gasteiger partial charge >= 0.3 is 5.97 Å². The molecule has 2 aliphatic carbocycles. The highest BCUT2D eigenvalue weighted by atomic mass is 16.4. The summed E-state index contributed by atoms with van der Waals surface area (Å²) in [5.41, 5.74) is -0.199. The molecule has 24 heavy (non-hydrogen) atoms. The van der Waals surface area contributed by atoms with Gasteiger partial charge in [0, 0.05) is 18.4 Å². The van der Waals surface area contributed by atoms with Gasteiger partial charge < -0.3 is 14.8 Å². The van der Waals surface area contributed by atoms with Crippen molar-refractivity contribution in [2.24, 2.45) is 0 Å². The van der Waals surface area contributed by atoms with E-state index in [1.54, 1.807) is 6.92 Å². The largest absolute Gasteiger partial charge is 0.480 e. The Hall–Kier alpha value is -2.11. The van der Waals surface area contributed by atoms with Crippen molar-refractivity contribution in [1.82, 2.24) is 5.32 Å². The fourth-order valence-corrected chi connectivity index (χ4v) is 3.86. The summed E-state index contributed by atoms with van der Waals surface area (Å²) in [6.45, 7) is 1.70. The van der Waals surface area contributed by atoms with Gasteiger partial charge in [-0.2, -0.15) is 0 Å². The van der Waals surface area contributed by atoms with Gasteiger partial charge in [-0.25, -0.2) is 4.79 Å². The van der Waals surface area contributed by atoms with Crippen LogP contribution in [0.15, 0.2) is 4.42 Å². The van der Waals surface area contributed by atoms with Crippen LogP contribution in [0.4, 0.5) is 0 Å². The first kappa shape index (κ1) is 16.7. The molecule has 0 atom stereocenters. The second-order valence-electron chi connectivity index (χ2n) is 6.89. The molecule has 1 aromatic heterocycles. The molecule has 1 heterocycles. The highest BCUT2D eigenvalue weighted by Crippen LogP contribution is 2.31. The second-order valence-corrected chi connectivity index (χ2v) is 6.89. The van der Waals surface area contributed by atoms with E-state index < -0.39 is 17.4 Å². The van der Waals surface area contributed by atoms with Crippen molar-refractivity contribution in [1.29, 1.82) is 0 Å². The van der Waals surface area contributed by atoms with Gasteiger partial charge in [0.2, 0.25) is 0 Å². The van der Waals surface area contributed by atoms with Crippen LogP contribution in [0.25, 0.3) is 0 Å². The maximum Gasteiger partial charge on any atom is 0.329 e. The average Bonchev–Trinajstić information content (AvgIpc) is 2.72. The van der Waals surface area contributed by atoms with E-state index in [1.807, 2.05) is 0 Å². The van der Waals surface area contributed by atoms with Crippen LogP contribution in [0, 0.1) is 6.92 Å². The van der Waals surface area contributed by atoms with Crippen LogP contribution >= 0.6 is 0 Å². The maximum atomic E-state index is 12.7. The number of rotatable bonds is 3. The summed E-state index contributed by atoms with van der Waals surface area (Å²) in [4.78, 5) is 36.6. The van der Waals surface area contributed by atoms with E-state index in [9.17, 15) is 19.5 Å². The molecule has 2 N–H and O–H groups in total. The third kappa shape index (κ3) is 2.85. The van der Waals surface area contributed by atoms with E-state index in [4.69, 9.17) is 4.42 Å². The van der Waals surface area contributed by atoms with Crippen molar-refractivity contribution in [3.63, 3.8) is 0 Å². The lowest BCUT2D eigenvalue weighted by Gasteiger charge is -2.28. The van der Waals surface area contributed by atoms with E-state index in [1.165, 1.54) is 0 Å². The average molecular weight is 333 g/mol. The number of Topliss-reactive ketones (excluding diaryl/α,β-unsaturated/α-hetero) is 1. The number of aryl methyl sites for hydroxylation is 1. The molecule has 1 fully saturated rings. The fourth-order valence-electron chi connectivity index (χ4n) is 3.86. The van der Waals surface area contributed by atoms with Crippen LogP contribution in [-0.4, -0.2) is 28.3 Å². The molecule has 0 bridgehead atoms. The Bertz CT molecular complexity index is 680. The van der Waals surface area contributed by atoms with Crippen LogP contribution in [0.5, 0.6) is 0 Å². The molecule has 1 aromatic rings. The van der Waals surface area contributed by atoms with Gasteiger partial charge in [0.15, 0.2) is 11.5 Å². The number of amides is 1. The SMILES string of the molecule is Cc1c(C(=O)NC2(C(=O)O)CCCCCC2)oc2c1C(=O)CCC2. The van der Waals surface area contributed by atoms with Crippen LogP contribution in [-0.2, 0) is 11.2 Å². The quantitative estimate of drug-likeness (QED) is 0.829. The molecule has 2 aliphatic rings. The van der Waals surface area contributed by atoms with Crippen molar-refractivity contribution in [3.05, 3.63) is 22.6 Å². The third-order valence-electron chi connectivity index (χ3n) is 5.23. The fraction of sp³-hybridized carbons (Fsp3) is 0.611. The second kappa shape index (κ2) is 6.42. The Kier molecular flexibility index (Phi) is 4.47. The Labute approximate surface area is 140 Å². The van der Waals surface area contributed by atoms with Crippen molar-refractivity contribution in [2.45, 2.75) is 70.3 Å². The minimum absolute atomic E-state index is 0.000959. The van der Waals surface area contributed by atoms with E-state index in [0.29, 0.717) is 42.6 Å². The lowest BCUT2D eigenvalue weighted by atomic mass is 9.89. The van der Waals surface area contributed by atoms with Gasteiger partial charge in [-0.1, -0.05) is 25.7 Å². The van der Waals surface area contributed by atoms with E-state index >= 15 is 0 Å². The Morgan fingerprint density at radius 3 is 2.33 bits per heavy atom. The molecular formula is C18H23NO5. The number of carboxylic acid groups (broad SMARTS) is 1. The van der Waals surface area contributed by atoms with Crippen molar-refractivity contribution in [2.75, 3.05) is 0 Å². The summed E-state index contributed by atoms with van der Waals surface area (Å²) in [7, 11) is 0. The number of hydrogen-bond acceptors (Lipinski definition) is 4. The van der Waals surface area contributed by atoms with E-state index in [-0.39, 0.29) is 11.5 Å². The predicted molar refractivity (Wildman–Crippen MR) is 86.2 cm³/mol. The predicted octanol–water partition coefficient (Wildman–Crippen LogP) is 3.01. The molecular weight excluding hydrogens is 310 g/mol. The van der Waals surface area contributed by atoms with Gasteiger partial charge in [-0.3, -0.25) is 9.59 Å². The zero-order chi connectivity index (χ0) is 17.3. The van der Waals surface area contributed by atoms with E-state index in [2.05, 4.69) is 5.32 Å². The Balaban J connectivity index is 1.89. The molecule has 6 heteroatoms. The van der Waals surface area contributed by atoms with Crippen molar-refractivity contribution in [3.8, 4) is 0 Å². The molecule has 0 spiro atoms. The lowest BCUT2D eigenvalue weighted by molar-refractivity contribution is -0.145. The van der Waals surface area contributed by atoms with Gasteiger partial charge in [-0.15, -0.1) is 0 Å². The summed E-state index contributed by atoms with van der Waals surface area (Å²) in [5.74, 6) is -0.889. The van der Waals surface area contributed by atoms with Gasteiger partial charge in [0.1, 0.15) is 11.3 Å². The monoisotopic (exact) mass is 333 g/mol. The molecule has 0 radical (unpaired) electrons. The Morgan fingerprint density at radius 2 is 1.75 bits per heavy atom. The van der Waals surface area contributed by atoms with Gasteiger partial charge in [0.05, 0.1) is 5.56 Å². The topological polar surface area (TPSA) is 96.6 Å². The van der Waals surface area contributed by atoms with Gasteiger partial charge in [0.25, 0.3) is 5.91 Å². The molecule has 6 nitrogen and oxygen atoms in total. The number of ketones is 1. The van der Waals surface area contributed by atoms with Crippen molar-refractivity contribution < 1.29 is 23.9 Å². The molecule has 1 amide bonds. The van der Waals surface area contributed by atoms with Crippen LogP contribution in [0.3, 0.4) is 0 Å². The molecule has 130 valence electrons. The first-order chi connectivity index (χ1) is 11.4. The third-order valence-corrected chi connectivity index (χ3v) is 5.23. The molecule has 3 rings (SSSR count). The molecule has 0 aliphatic heterocycles. The summed E-state index contributed by atoms with van der Waals surface area (Å²) < 4.78 is 5.64. The first-order valence-corrected chi connectivity index (χ1v) is 8.66. The number of carbonyl (C=O) groups excluding carboxylic acids is 2. The smallest absolute Gasteiger partial charge is 0.329 e. The van der Waals surface area contributed by atoms with E-state index in [0.717, 1.165) is 32.1 Å². The summed E-state index contributed by atoms with van der Waals surface area (Å²) in [6.07, 6.45) is 6.18. The van der Waals surface area contributed by atoms with Crippen LogP contribution in [0.2, 0.25) is 0 Å². The molecule has 1 saturated carbocycles. The minimum Gasteiger partial charge on any atom is -0.480 e. The van der Waals surface area contributed by atoms with Crippen LogP contribution < -0.4 is 5.32 Å². The van der Waals surface area contributed by atoms with Gasteiger partial charge in [-0.05, 0) is 26.2 Å². The highest BCUT2D eigenvalue weighted by molar-refractivity contribution is 6.04. The molecule has 0 aromatic carbocycles. The maximum absolute atomic E-state index is 12.7. The zero-order valence-electron chi connectivity index (χ0n) is 13.9. The number of carboxylic acids is 1. The number of hydrogen-bond donors (Lipinski definition) is 2. The zero-order valence-corrected chi connectivity index (χ0v) is 13.9. The summed E-state index contributed by atoms with van der Waals surface area (Å²) in [5, 5.41) is 12.4. The normalized spacial score (nSPS) is 20.1. The molecule has 0 saturated heterocycles. The standard InChI is InChI=1S/C18H23NO5/c1-11-14-12(20)7-6-8-13(14)24-15(11)16(21)19-18(17(22)23)9-4-2-3-5-10-18/h2-10H2,1H3,(H,19,21)(H,22,23). The number of nitrogens with one attached hydrogen (secondary N) is 1. The first-order valence-electron chi connectivity index (χ1n) is 8.66. The highest BCUT2D eigenvalue weighted by Gasteiger charge is 2.41. The molecule has 0 unspecified atom stereocenters. The summed E-state index contributed by atoms with van der Waals surface area (Å²) >= 11 is 0. The number of fused-ring (bicyclic) bond motifs is 1. The Morgan fingerprint density at radius 1 is 1.08 bits per heavy atom. The van der Waals surface area contributed by atoms with Crippen molar-refractivity contribution >= 4 is 17.7 Å².